The first-order valence-electron chi connectivity index (χ1n) is 0.765. The zero-order chi connectivity index (χ0) is 5.41. The molecule has 1 N–H and O–H groups in total. The topological polar surface area (TPSA) is 79.1 Å². The van der Waals surface area contributed by atoms with Crippen LogP contribution >= 0.6 is 12.8 Å². The third-order valence-corrected chi connectivity index (χ3v) is 0. The summed E-state index contributed by atoms with van der Waals surface area (Å²) in [6.07, 6.45) is 0. The van der Waals surface area contributed by atoms with Crippen molar-refractivity contribution in [2.24, 2.45) is 9.92 Å². The second-order valence-electron chi connectivity index (χ2n) is 0.163. The van der Waals surface area contributed by atoms with Crippen molar-refractivity contribution in [2.75, 3.05) is 0 Å². The first-order chi connectivity index (χ1) is 2.83. The van der Waals surface area contributed by atoms with E-state index < -0.39 is 0 Å². The van der Waals surface area contributed by atoms with Crippen LogP contribution in [0.5, 0.6) is 0 Å². The molecule has 0 aromatic rings. The van der Waals surface area contributed by atoms with Gasteiger partial charge in [0.15, 0.2) is 5.34 Å². The molecule has 0 aliphatic rings. The Hall–Kier alpha value is -0.650. The molecule has 0 radical (unpaired) electrons. The summed E-state index contributed by atoms with van der Waals surface area (Å²) in [7, 11) is 0. The molecule has 0 unspecified atom stereocenters. The van der Waals surface area contributed by atoms with Gasteiger partial charge in [0.25, 0.3) is 0 Å². The molecule has 0 heterocycles. The lowest BCUT2D eigenvalue weighted by molar-refractivity contribution is 0.312. The van der Waals surface area contributed by atoms with E-state index in [1.54, 1.807) is 0 Å². The lowest BCUT2D eigenvalue weighted by Gasteiger charge is -1.32. The van der Waals surface area contributed by atoms with E-state index in [0.717, 1.165) is 0 Å². The highest BCUT2D eigenvalue weighted by atomic mass is 32.1. The summed E-state index contributed by atoms with van der Waals surface area (Å²) in [4.78, 5) is 16.5. The fourth-order valence-electron chi connectivity index (χ4n) is 0. The van der Waals surface area contributed by atoms with Crippen LogP contribution in [0.2, 0.25) is 0 Å². The Kier molecular flexibility index (Phi) is 40.3. The van der Waals surface area contributed by atoms with Gasteiger partial charge in [-0.3, -0.25) is 0 Å². The zero-order valence-corrected chi connectivity index (χ0v) is 3.50. The molecule has 0 aliphatic carbocycles. The number of nitroso groups, excluding NO2 is 1. The highest BCUT2D eigenvalue weighted by Gasteiger charge is 1.21. The van der Waals surface area contributed by atoms with E-state index in [1.165, 1.54) is 5.34 Å². The molecule has 0 rings (SSSR count). The molecule has 0 aromatic heterocycles. The van der Waals surface area contributed by atoms with Crippen LogP contribution in [0, 0.1) is 9.81 Å². The monoisotopic (exact) mass is 110 g/mol. The molecule has 36 valence electrons. The number of nitrogens with zero attached hydrogens (tertiary/aromatic N) is 2. The zero-order valence-electron chi connectivity index (χ0n) is 2.61. The van der Waals surface area contributed by atoms with Crippen LogP contribution in [0.15, 0.2) is 9.92 Å². The Morgan fingerprint density at radius 2 is 1.50 bits per heavy atom. The minimum Gasteiger partial charge on any atom is -0.379 e. The van der Waals surface area contributed by atoms with Crippen LogP contribution in [-0.2, 0) is 0 Å². The third kappa shape index (κ3) is 43.8. The van der Waals surface area contributed by atoms with Crippen molar-refractivity contribution in [3.05, 3.63) is 9.81 Å². The molecule has 0 spiro atoms. The standard InChI is InChI=1S/HNO2.HNOS/c2*2-1-3/h2*(H,2,3). The normalized spacial score (nSPS) is 4.17. The maximum absolute atomic E-state index is 8.42. The largest absolute Gasteiger partial charge is 0.379 e. The molecule has 0 fully saturated rings. The maximum Gasteiger partial charge on any atom is 0.152 e. The average molecular weight is 110 g/mol. The van der Waals surface area contributed by atoms with Gasteiger partial charge < -0.3 is 5.21 Å². The van der Waals surface area contributed by atoms with Gasteiger partial charge in [-0.1, -0.05) is 0 Å². The average Bonchev–Trinajstić information content (AvgIpc) is 1.39. The maximum atomic E-state index is 8.42. The van der Waals surface area contributed by atoms with E-state index in [1.807, 2.05) is 4.58 Å². The van der Waals surface area contributed by atoms with Crippen molar-refractivity contribution in [3.8, 4) is 0 Å². The Morgan fingerprint density at radius 1 is 1.50 bits per heavy atom. The summed E-state index contributed by atoms with van der Waals surface area (Å²) in [6, 6.07) is 0. The van der Waals surface area contributed by atoms with Crippen molar-refractivity contribution in [1.82, 2.24) is 0 Å². The molecule has 0 saturated heterocycles. The second-order valence-corrected chi connectivity index (χ2v) is 0.327. The van der Waals surface area contributed by atoms with Gasteiger partial charge >= 0.3 is 0 Å². The highest BCUT2D eigenvalue weighted by molar-refractivity contribution is 7.78. The number of thiol groups is 1. The molecule has 0 amide bonds. The van der Waals surface area contributed by atoms with Crippen molar-refractivity contribution in [1.29, 1.82) is 0 Å². The summed E-state index contributed by atoms with van der Waals surface area (Å²) in [5.74, 6) is 0. The molecule has 0 aliphatic heterocycles. The van der Waals surface area contributed by atoms with E-state index >= 15 is 0 Å². The van der Waals surface area contributed by atoms with Gasteiger partial charge in [0.2, 0.25) is 0 Å². The fourth-order valence-corrected chi connectivity index (χ4v) is 0. The van der Waals surface area contributed by atoms with Gasteiger partial charge in [-0.05, 0) is 0 Å². The van der Waals surface area contributed by atoms with Crippen molar-refractivity contribution >= 4 is 12.8 Å². The molecular weight excluding hydrogens is 108 g/mol. The van der Waals surface area contributed by atoms with Gasteiger partial charge in [0, 0.05) is 17.4 Å². The third-order valence-electron chi connectivity index (χ3n) is 0. The Balaban J connectivity index is 0. The predicted molar refractivity (Wildman–Crippen MR) is 22.4 cm³/mol. The van der Waals surface area contributed by atoms with Crippen molar-refractivity contribution in [2.45, 2.75) is 0 Å². The molecule has 5 nitrogen and oxygen atoms in total. The minimum absolute atomic E-state index is 1.25. The van der Waals surface area contributed by atoms with Crippen molar-refractivity contribution in [3.63, 3.8) is 0 Å². The van der Waals surface area contributed by atoms with E-state index in [-0.39, 0.29) is 0 Å². The van der Waals surface area contributed by atoms with Gasteiger partial charge in [0.1, 0.15) is 0 Å². The van der Waals surface area contributed by atoms with Gasteiger partial charge in [-0.25, -0.2) is 0 Å². The molecular formula is H2N2O3S. The quantitative estimate of drug-likeness (QED) is 0.274. The number of hydrogen-bond acceptors (Lipinski definition) is 4. The van der Waals surface area contributed by atoms with Crippen LogP contribution in [-0.4, -0.2) is 5.21 Å². The Labute approximate surface area is 38.8 Å². The Morgan fingerprint density at radius 3 is 1.50 bits per heavy atom. The number of hydrogen-bond donors (Lipinski definition) is 2. The van der Waals surface area contributed by atoms with Crippen LogP contribution in [0.3, 0.4) is 0 Å². The van der Waals surface area contributed by atoms with E-state index in [9.17, 15) is 0 Å². The molecule has 0 atom stereocenters. The molecule has 0 saturated carbocycles. The lowest BCUT2D eigenvalue weighted by atomic mass is 13.4. The second kappa shape index (κ2) is 26.8. The molecule has 0 aromatic carbocycles. The summed E-state index contributed by atoms with van der Waals surface area (Å²) in [5, 5.41) is 7.89. The predicted octanol–water partition coefficient (Wildman–Crippen LogP) is 0.740. The summed E-state index contributed by atoms with van der Waals surface area (Å²) in [6.45, 7) is 0. The lowest BCUT2D eigenvalue weighted by Crippen LogP contribution is -1.25. The molecule has 6 heteroatoms. The van der Waals surface area contributed by atoms with Gasteiger partial charge in [-0.2, -0.15) is 0 Å². The highest BCUT2D eigenvalue weighted by Crippen LogP contribution is 1.58. The van der Waals surface area contributed by atoms with Crippen LogP contribution in [0.1, 0.15) is 0 Å². The first-order valence-corrected chi connectivity index (χ1v) is 1.17. The summed E-state index contributed by atoms with van der Waals surface area (Å²) < 4.78 is 1.94. The van der Waals surface area contributed by atoms with Gasteiger partial charge in [-0.15, -0.1) is 9.81 Å². The van der Waals surface area contributed by atoms with Gasteiger partial charge in [0.05, 0.1) is 0 Å². The van der Waals surface area contributed by atoms with Crippen LogP contribution < -0.4 is 0 Å². The minimum atomic E-state index is 1.25. The van der Waals surface area contributed by atoms with Crippen molar-refractivity contribution < 1.29 is 5.21 Å². The van der Waals surface area contributed by atoms with E-state index in [4.69, 9.17) is 15.0 Å². The van der Waals surface area contributed by atoms with Crippen LogP contribution in [0.25, 0.3) is 0 Å². The van der Waals surface area contributed by atoms with E-state index in [0.29, 0.717) is 0 Å². The smallest absolute Gasteiger partial charge is 0.152 e. The van der Waals surface area contributed by atoms with E-state index in [2.05, 4.69) is 12.8 Å². The number of rotatable bonds is 0. The fraction of sp³-hybridized carbons (Fsp3) is 0. The van der Waals surface area contributed by atoms with Crippen LogP contribution in [0.4, 0.5) is 0 Å². The summed E-state index contributed by atoms with van der Waals surface area (Å²) in [5.41, 5.74) is 0. The molecule has 6 heavy (non-hydrogen) atoms. The SMILES string of the molecule is O=NO.O=NS. The molecule has 0 bridgehead atoms. The first kappa shape index (κ1) is 9.02. The summed E-state index contributed by atoms with van der Waals surface area (Å²) >= 11 is 2.86. The Bertz CT molecular complexity index is 29.8.